The van der Waals surface area contributed by atoms with Crippen molar-refractivity contribution in [2.45, 2.75) is 12.8 Å². The molecule has 1 unspecified atom stereocenters. The lowest BCUT2D eigenvalue weighted by molar-refractivity contribution is 0.0997. The van der Waals surface area contributed by atoms with Gasteiger partial charge in [0.05, 0.1) is 22.2 Å². The van der Waals surface area contributed by atoms with Crippen molar-refractivity contribution in [2.75, 3.05) is 0 Å². The third kappa shape index (κ3) is 2.50. The van der Waals surface area contributed by atoms with Gasteiger partial charge in [0.2, 0.25) is 0 Å². The predicted octanol–water partition coefficient (Wildman–Crippen LogP) is 3.90. The van der Waals surface area contributed by atoms with Gasteiger partial charge in [-0.1, -0.05) is 37.3 Å². The van der Waals surface area contributed by atoms with Gasteiger partial charge in [-0.15, -0.1) is 0 Å². The Morgan fingerprint density at radius 2 is 1.71 bits per heavy atom. The van der Waals surface area contributed by atoms with Gasteiger partial charge in [0.15, 0.2) is 17.5 Å². The SMILES string of the molecule is CC(c1ccccc1)c1nc2ccc(F)c(F)c2c(C(N)=O)c1F. The van der Waals surface area contributed by atoms with Crippen LogP contribution in [0, 0.1) is 17.5 Å². The molecular weight excluding hydrogens is 317 g/mol. The van der Waals surface area contributed by atoms with Crippen molar-refractivity contribution >= 4 is 16.8 Å². The molecule has 24 heavy (non-hydrogen) atoms. The van der Waals surface area contributed by atoms with E-state index in [1.165, 1.54) is 6.07 Å². The summed E-state index contributed by atoms with van der Waals surface area (Å²) in [6.07, 6.45) is 0. The molecule has 3 aromatic rings. The van der Waals surface area contributed by atoms with E-state index in [2.05, 4.69) is 4.98 Å². The second kappa shape index (κ2) is 5.96. The summed E-state index contributed by atoms with van der Waals surface area (Å²) in [6.45, 7) is 1.71. The number of amides is 1. The maximum absolute atomic E-state index is 14.8. The van der Waals surface area contributed by atoms with Gasteiger partial charge in [0.1, 0.15) is 0 Å². The summed E-state index contributed by atoms with van der Waals surface area (Å²) >= 11 is 0. The Balaban J connectivity index is 2.33. The molecule has 0 saturated heterocycles. The number of hydrogen-bond acceptors (Lipinski definition) is 2. The van der Waals surface area contributed by atoms with Crippen LogP contribution in [0.25, 0.3) is 10.9 Å². The van der Waals surface area contributed by atoms with Crippen LogP contribution in [0.3, 0.4) is 0 Å². The van der Waals surface area contributed by atoms with E-state index in [-0.39, 0.29) is 11.2 Å². The molecule has 6 heteroatoms. The second-order valence-electron chi connectivity index (χ2n) is 5.44. The van der Waals surface area contributed by atoms with Gasteiger partial charge < -0.3 is 5.73 Å². The summed E-state index contributed by atoms with van der Waals surface area (Å²) < 4.78 is 42.4. The van der Waals surface area contributed by atoms with Gasteiger partial charge >= 0.3 is 0 Å². The second-order valence-corrected chi connectivity index (χ2v) is 5.44. The zero-order chi connectivity index (χ0) is 17.4. The maximum atomic E-state index is 14.8. The molecular formula is C18H13F3N2O. The first-order valence-corrected chi connectivity index (χ1v) is 7.23. The van der Waals surface area contributed by atoms with Crippen LogP contribution >= 0.6 is 0 Å². The van der Waals surface area contributed by atoms with Crippen molar-refractivity contribution in [3.63, 3.8) is 0 Å². The van der Waals surface area contributed by atoms with Gasteiger partial charge in [0, 0.05) is 5.92 Å². The molecule has 3 rings (SSSR count). The molecule has 2 N–H and O–H groups in total. The lowest BCUT2D eigenvalue weighted by Gasteiger charge is -2.16. The highest BCUT2D eigenvalue weighted by Crippen LogP contribution is 2.32. The van der Waals surface area contributed by atoms with E-state index in [0.29, 0.717) is 0 Å². The Morgan fingerprint density at radius 3 is 2.33 bits per heavy atom. The number of pyridine rings is 1. The van der Waals surface area contributed by atoms with Crippen LogP contribution < -0.4 is 5.73 Å². The summed E-state index contributed by atoms with van der Waals surface area (Å²) in [4.78, 5) is 15.8. The Hall–Kier alpha value is -2.89. The normalized spacial score (nSPS) is 12.3. The van der Waals surface area contributed by atoms with E-state index in [1.807, 2.05) is 6.07 Å². The number of nitrogens with zero attached hydrogens (tertiary/aromatic N) is 1. The topological polar surface area (TPSA) is 56.0 Å². The van der Waals surface area contributed by atoms with E-state index < -0.39 is 40.2 Å². The van der Waals surface area contributed by atoms with Crippen molar-refractivity contribution in [1.82, 2.24) is 4.98 Å². The minimum atomic E-state index is -1.34. The molecule has 0 fully saturated rings. The van der Waals surface area contributed by atoms with Crippen molar-refractivity contribution in [1.29, 1.82) is 0 Å². The molecule has 0 bridgehead atoms. The van der Waals surface area contributed by atoms with Crippen LogP contribution in [0.5, 0.6) is 0 Å². The minimum absolute atomic E-state index is 0.0260. The summed E-state index contributed by atoms with van der Waals surface area (Å²) in [5, 5.41) is -0.538. The van der Waals surface area contributed by atoms with Crippen molar-refractivity contribution in [3.8, 4) is 0 Å². The molecule has 0 aliphatic carbocycles. The number of aromatic nitrogens is 1. The fraction of sp³-hybridized carbons (Fsp3) is 0.111. The van der Waals surface area contributed by atoms with Gasteiger partial charge in [-0.2, -0.15) is 0 Å². The Morgan fingerprint density at radius 1 is 1.04 bits per heavy atom. The van der Waals surface area contributed by atoms with E-state index in [0.717, 1.165) is 11.6 Å². The van der Waals surface area contributed by atoms with E-state index in [1.54, 1.807) is 31.2 Å². The van der Waals surface area contributed by atoms with Crippen LogP contribution in [-0.4, -0.2) is 10.9 Å². The van der Waals surface area contributed by atoms with Gasteiger partial charge in [-0.05, 0) is 17.7 Å². The monoisotopic (exact) mass is 330 g/mol. The van der Waals surface area contributed by atoms with E-state index >= 15 is 0 Å². The minimum Gasteiger partial charge on any atom is -0.365 e. The molecule has 1 heterocycles. The van der Waals surface area contributed by atoms with E-state index in [9.17, 15) is 18.0 Å². The molecule has 1 amide bonds. The molecule has 0 spiro atoms. The van der Waals surface area contributed by atoms with Crippen LogP contribution in [0.1, 0.15) is 34.5 Å². The average Bonchev–Trinajstić information content (AvgIpc) is 2.58. The first kappa shape index (κ1) is 16.0. The number of fused-ring (bicyclic) bond motifs is 1. The van der Waals surface area contributed by atoms with Crippen LogP contribution in [0.2, 0.25) is 0 Å². The van der Waals surface area contributed by atoms with Crippen molar-refractivity contribution < 1.29 is 18.0 Å². The van der Waals surface area contributed by atoms with Gasteiger partial charge in [-0.25, -0.2) is 18.2 Å². The lowest BCUT2D eigenvalue weighted by atomic mass is 9.94. The molecule has 122 valence electrons. The fourth-order valence-electron chi connectivity index (χ4n) is 2.71. The smallest absolute Gasteiger partial charge is 0.252 e. The van der Waals surface area contributed by atoms with E-state index in [4.69, 9.17) is 5.73 Å². The molecule has 1 atom stereocenters. The zero-order valence-electron chi connectivity index (χ0n) is 12.7. The highest BCUT2D eigenvalue weighted by atomic mass is 19.2. The number of rotatable bonds is 3. The molecule has 0 radical (unpaired) electrons. The molecule has 3 nitrogen and oxygen atoms in total. The number of halogens is 3. The third-order valence-corrected chi connectivity index (χ3v) is 3.96. The summed E-state index contributed by atoms with van der Waals surface area (Å²) in [5.41, 5.74) is 5.22. The summed E-state index contributed by atoms with van der Waals surface area (Å²) in [6, 6.07) is 11.0. The third-order valence-electron chi connectivity index (χ3n) is 3.96. The maximum Gasteiger partial charge on any atom is 0.252 e. The average molecular weight is 330 g/mol. The number of carbonyl (C=O) groups is 1. The summed E-state index contributed by atoms with van der Waals surface area (Å²) in [5.74, 6) is -5.25. The number of primary amides is 1. The molecule has 0 aliphatic heterocycles. The molecule has 0 aliphatic rings. The summed E-state index contributed by atoms with van der Waals surface area (Å²) in [7, 11) is 0. The van der Waals surface area contributed by atoms with Crippen LogP contribution in [0.4, 0.5) is 13.2 Å². The van der Waals surface area contributed by atoms with Gasteiger partial charge in [-0.3, -0.25) is 4.79 Å². The standard InChI is InChI=1S/C18H13F3N2O/c1-9(10-5-3-2-4-6-10)17-16(21)14(18(22)24)13-12(23-17)8-7-11(19)15(13)20/h2-9H,1H3,(H2,22,24). The highest BCUT2D eigenvalue weighted by molar-refractivity contribution is 6.06. The largest absolute Gasteiger partial charge is 0.365 e. The Labute approximate surface area is 135 Å². The molecule has 1 aromatic heterocycles. The molecule has 0 saturated carbocycles. The fourth-order valence-corrected chi connectivity index (χ4v) is 2.71. The van der Waals surface area contributed by atoms with Crippen LogP contribution in [0.15, 0.2) is 42.5 Å². The lowest BCUT2D eigenvalue weighted by Crippen LogP contribution is -2.18. The van der Waals surface area contributed by atoms with Crippen molar-refractivity contribution in [3.05, 3.63) is 76.7 Å². The van der Waals surface area contributed by atoms with Crippen molar-refractivity contribution in [2.24, 2.45) is 5.73 Å². The number of benzene rings is 2. The number of hydrogen-bond donors (Lipinski definition) is 1. The first-order chi connectivity index (χ1) is 11.4. The Bertz CT molecular complexity index is 942. The quantitative estimate of drug-likeness (QED) is 0.792. The first-order valence-electron chi connectivity index (χ1n) is 7.23. The van der Waals surface area contributed by atoms with Crippen LogP contribution in [-0.2, 0) is 0 Å². The Kier molecular flexibility index (Phi) is 3.97. The predicted molar refractivity (Wildman–Crippen MR) is 84.1 cm³/mol. The molecule has 2 aromatic carbocycles. The van der Waals surface area contributed by atoms with Gasteiger partial charge in [0.25, 0.3) is 5.91 Å². The zero-order valence-corrected chi connectivity index (χ0v) is 12.7. The number of carbonyl (C=O) groups excluding carboxylic acids is 1. The number of nitrogens with two attached hydrogens (primary N) is 1. The highest BCUT2D eigenvalue weighted by Gasteiger charge is 2.26.